The molecule has 0 bridgehead atoms. The molecule has 0 saturated carbocycles. The van der Waals surface area contributed by atoms with Gasteiger partial charge < -0.3 is 20.7 Å². The first-order valence-electron chi connectivity index (χ1n) is 9.34. The van der Waals surface area contributed by atoms with Crippen LogP contribution in [0.1, 0.15) is 17.2 Å². The van der Waals surface area contributed by atoms with E-state index >= 15 is 0 Å². The molecule has 2 fully saturated rings. The minimum atomic E-state index is -3.09. The topological polar surface area (TPSA) is 102 Å². The van der Waals surface area contributed by atoms with Crippen molar-refractivity contribution in [1.29, 1.82) is 0 Å². The molecule has 2 amide bonds. The second-order valence-electron chi connectivity index (χ2n) is 7.36. The maximum atomic E-state index is 13.5. The standard InChI is InChI=1S/C19H19ClF2N5O3/c20-12-1-2-15(30-18(21)22)13(5-12)16(14-3-4-27(25-14)19(23)29)17(28)26-8-10-6-24-7-11(10)9-26/h1-2,4-5,10-11,16,18,24H,6-9H2,(H2,23,29). The van der Waals surface area contributed by atoms with Gasteiger partial charge in [0.2, 0.25) is 5.91 Å². The SMILES string of the molecule is NC(=O)n1c[c]c(C(C(=O)N2CC3CNCC3C2)c2cc(Cl)ccc2OC(F)F)n1. The number of nitrogens with zero attached hydrogens (tertiary/aromatic N) is 3. The summed E-state index contributed by atoms with van der Waals surface area (Å²) in [5, 5.41) is 7.58. The fourth-order valence-electron chi connectivity index (χ4n) is 4.12. The van der Waals surface area contributed by atoms with Crippen LogP contribution in [0.4, 0.5) is 13.6 Å². The number of alkyl halides is 2. The highest BCUT2D eigenvalue weighted by molar-refractivity contribution is 6.30. The average Bonchev–Trinajstić information content (AvgIpc) is 3.39. The van der Waals surface area contributed by atoms with Gasteiger partial charge in [0.1, 0.15) is 11.7 Å². The number of benzene rings is 1. The Bertz CT molecular complexity index is 957. The second-order valence-corrected chi connectivity index (χ2v) is 7.79. The number of nitrogens with two attached hydrogens (primary N) is 1. The number of aromatic nitrogens is 2. The van der Waals surface area contributed by atoms with Crippen LogP contribution in [0.25, 0.3) is 0 Å². The summed E-state index contributed by atoms with van der Waals surface area (Å²) >= 11 is 6.10. The van der Waals surface area contributed by atoms with E-state index in [1.165, 1.54) is 24.4 Å². The highest BCUT2D eigenvalue weighted by Crippen LogP contribution is 2.37. The van der Waals surface area contributed by atoms with E-state index in [1.807, 2.05) is 0 Å². The monoisotopic (exact) mass is 438 g/mol. The van der Waals surface area contributed by atoms with Gasteiger partial charge in [-0.15, -0.1) is 0 Å². The molecule has 1 aromatic carbocycles. The number of nitrogens with one attached hydrogen (secondary N) is 1. The normalized spacial score (nSPS) is 21.7. The van der Waals surface area contributed by atoms with Crippen LogP contribution < -0.4 is 15.8 Å². The summed E-state index contributed by atoms with van der Waals surface area (Å²) in [6.45, 7) is -0.383. The first-order valence-corrected chi connectivity index (χ1v) is 9.72. The summed E-state index contributed by atoms with van der Waals surface area (Å²) in [4.78, 5) is 26.7. The van der Waals surface area contributed by atoms with E-state index in [-0.39, 0.29) is 27.9 Å². The van der Waals surface area contributed by atoms with Gasteiger partial charge in [0.05, 0.1) is 5.69 Å². The zero-order chi connectivity index (χ0) is 21.4. The molecule has 2 aromatic rings. The zero-order valence-electron chi connectivity index (χ0n) is 15.7. The van der Waals surface area contributed by atoms with Gasteiger partial charge in [-0.1, -0.05) is 11.6 Å². The molecule has 0 aliphatic carbocycles. The van der Waals surface area contributed by atoms with E-state index in [9.17, 15) is 18.4 Å². The van der Waals surface area contributed by atoms with E-state index < -0.39 is 18.6 Å². The minimum absolute atomic E-state index is 0.0652. The molecule has 0 spiro atoms. The number of rotatable bonds is 5. The van der Waals surface area contributed by atoms with Crippen molar-refractivity contribution in [2.75, 3.05) is 26.2 Å². The lowest BCUT2D eigenvalue weighted by Gasteiger charge is -2.25. The van der Waals surface area contributed by atoms with Crippen LogP contribution in [0.2, 0.25) is 5.02 Å². The van der Waals surface area contributed by atoms with Crippen molar-refractivity contribution >= 4 is 23.5 Å². The molecule has 2 aliphatic heterocycles. The highest BCUT2D eigenvalue weighted by Gasteiger charge is 2.42. The fourth-order valence-corrected chi connectivity index (χ4v) is 4.30. The smallest absolute Gasteiger partial charge is 0.387 e. The molecule has 3 N–H and O–H groups in total. The number of halogens is 3. The number of fused-ring (bicyclic) bond motifs is 1. The van der Waals surface area contributed by atoms with Crippen LogP contribution in [0.15, 0.2) is 24.4 Å². The van der Waals surface area contributed by atoms with Crippen LogP contribution in [0.5, 0.6) is 5.75 Å². The van der Waals surface area contributed by atoms with Gasteiger partial charge in [0, 0.05) is 49.0 Å². The molecular weight excluding hydrogens is 420 g/mol. The Labute approximate surface area is 175 Å². The van der Waals surface area contributed by atoms with Gasteiger partial charge in [-0.3, -0.25) is 4.79 Å². The van der Waals surface area contributed by atoms with Crippen LogP contribution >= 0.6 is 11.6 Å². The molecule has 30 heavy (non-hydrogen) atoms. The molecule has 3 atom stereocenters. The molecule has 1 aromatic heterocycles. The van der Waals surface area contributed by atoms with E-state index in [1.54, 1.807) is 4.90 Å². The Morgan fingerprint density at radius 1 is 1.30 bits per heavy atom. The fraction of sp³-hybridized carbons (Fsp3) is 0.421. The second kappa shape index (κ2) is 8.19. The van der Waals surface area contributed by atoms with Gasteiger partial charge in [-0.25, -0.2) is 4.79 Å². The van der Waals surface area contributed by atoms with Crippen molar-refractivity contribution in [3.63, 3.8) is 0 Å². The van der Waals surface area contributed by atoms with Gasteiger partial charge in [-0.2, -0.15) is 18.6 Å². The lowest BCUT2D eigenvalue weighted by molar-refractivity contribution is -0.131. The first kappa shape index (κ1) is 20.5. The third kappa shape index (κ3) is 3.97. The third-order valence-corrected chi connectivity index (χ3v) is 5.73. The Morgan fingerprint density at radius 2 is 2.00 bits per heavy atom. The largest absolute Gasteiger partial charge is 0.435 e. The van der Waals surface area contributed by atoms with Crippen LogP contribution in [-0.4, -0.2) is 59.4 Å². The number of amides is 2. The average molecular weight is 439 g/mol. The van der Waals surface area contributed by atoms with Crippen molar-refractivity contribution in [1.82, 2.24) is 20.0 Å². The Balaban J connectivity index is 1.75. The van der Waals surface area contributed by atoms with Crippen molar-refractivity contribution in [2.24, 2.45) is 17.6 Å². The third-order valence-electron chi connectivity index (χ3n) is 5.50. The Morgan fingerprint density at radius 3 is 2.60 bits per heavy atom. The maximum Gasteiger partial charge on any atom is 0.387 e. The summed E-state index contributed by atoms with van der Waals surface area (Å²) < 4.78 is 31.4. The molecular formula is C19H19ClF2N5O3. The van der Waals surface area contributed by atoms with Gasteiger partial charge >= 0.3 is 12.6 Å². The van der Waals surface area contributed by atoms with Crippen LogP contribution in [0, 0.1) is 17.9 Å². The van der Waals surface area contributed by atoms with E-state index in [0.717, 1.165) is 17.8 Å². The number of hydrogen-bond donors (Lipinski definition) is 2. The molecule has 11 heteroatoms. The van der Waals surface area contributed by atoms with Gasteiger partial charge in [0.25, 0.3) is 0 Å². The van der Waals surface area contributed by atoms with Crippen LogP contribution in [-0.2, 0) is 4.79 Å². The van der Waals surface area contributed by atoms with E-state index in [0.29, 0.717) is 24.9 Å². The lowest BCUT2D eigenvalue weighted by atomic mass is 9.93. The zero-order valence-corrected chi connectivity index (χ0v) is 16.5. The van der Waals surface area contributed by atoms with Crippen molar-refractivity contribution < 1.29 is 23.1 Å². The molecule has 1 radical (unpaired) electrons. The molecule has 2 saturated heterocycles. The first-order chi connectivity index (χ1) is 14.3. The molecule has 3 heterocycles. The van der Waals surface area contributed by atoms with Gasteiger partial charge in [-0.05, 0) is 30.0 Å². The number of ether oxygens (including phenoxy) is 1. The molecule has 4 rings (SSSR count). The molecule has 8 nitrogen and oxygen atoms in total. The van der Waals surface area contributed by atoms with Crippen LogP contribution in [0.3, 0.4) is 0 Å². The molecule has 159 valence electrons. The van der Waals surface area contributed by atoms with E-state index in [2.05, 4.69) is 21.2 Å². The summed E-state index contributed by atoms with van der Waals surface area (Å²) in [5.74, 6) is -1.02. The summed E-state index contributed by atoms with van der Waals surface area (Å²) in [5.41, 5.74) is 5.42. The highest BCUT2D eigenvalue weighted by atomic mass is 35.5. The van der Waals surface area contributed by atoms with Crippen molar-refractivity contribution in [3.05, 3.63) is 46.7 Å². The number of carbonyl (C=O) groups is 2. The number of hydrogen-bond acceptors (Lipinski definition) is 5. The summed E-state index contributed by atoms with van der Waals surface area (Å²) in [6.07, 6.45) is 1.19. The minimum Gasteiger partial charge on any atom is -0.435 e. The number of likely N-dealkylation sites (tertiary alicyclic amines) is 1. The predicted molar refractivity (Wildman–Crippen MR) is 102 cm³/mol. The van der Waals surface area contributed by atoms with Gasteiger partial charge in [0.15, 0.2) is 0 Å². The summed E-state index contributed by atoms with van der Waals surface area (Å²) in [7, 11) is 0. The van der Waals surface area contributed by atoms with Crippen molar-refractivity contribution in [3.8, 4) is 5.75 Å². The maximum absolute atomic E-state index is 13.5. The quantitative estimate of drug-likeness (QED) is 0.739. The lowest BCUT2D eigenvalue weighted by Crippen LogP contribution is -2.36. The number of carbonyl (C=O) groups excluding carboxylic acids is 2. The molecule has 2 aliphatic rings. The van der Waals surface area contributed by atoms with Crippen molar-refractivity contribution in [2.45, 2.75) is 12.5 Å². The Kier molecular flexibility index (Phi) is 5.61. The molecule has 3 unspecified atom stereocenters. The summed E-state index contributed by atoms with van der Waals surface area (Å²) in [6, 6.07) is 5.94. The number of primary amides is 1. The Hall–Kier alpha value is -2.72. The van der Waals surface area contributed by atoms with E-state index in [4.69, 9.17) is 17.3 Å². The predicted octanol–water partition coefficient (Wildman–Crippen LogP) is 1.67.